The van der Waals surface area contributed by atoms with Crippen molar-refractivity contribution in [2.75, 3.05) is 6.54 Å². The summed E-state index contributed by atoms with van der Waals surface area (Å²) in [5.74, 6) is 0. The van der Waals surface area contributed by atoms with Gasteiger partial charge in [-0.3, -0.25) is 5.32 Å². The lowest BCUT2D eigenvalue weighted by Crippen LogP contribution is -2.49. The number of nitrogens with one attached hydrogen (secondary N) is 1. The van der Waals surface area contributed by atoms with Gasteiger partial charge in [-0.25, -0.2) is 0 Å². The van der Waals surface area contributed by atoms with E-state index in [0.717, 1.165) is 0 Å². The molecular weight excluding hydrogens is 132 g/mol. The zero-order valence-electron chi connectivity index (χ0n) is 5.49. The minimum absolute atomic E-state index is 0.297. The van der Waals surface area contributed by atoms with Gasteiger partial charge in [0.15, 0.2) is 0 Å². The standard InChI is InChI=1S/C6H10N2O2/c7-2-5-6(10)1-4(9)3-8-5/h4-6,8-10H,1,3H2/t4-,5-,6+/m0/s1. The van der Waals surface area contributed by atoms with Crippen LogP contribution in [-0.2, 0) is 0 Å². The van der Waals surface area contributed by atoms with Gasteiger partial charge in [-0.1, -0.05) is 0 Å². The molecule has 0 unspecified atom stereocenters. The lowest BCUT2D eigenvalue weighted by Gasteiger charge is -2.27. The van der Waals surface area contributed by atoms with E-state index in [2.05, 4.69) is 5.32 Å². The molecule has 10 heavy (non-hydrogen) atoms. The molecule has 1 aliphatic heterocycles. The first-order valence-electron chi connectivity index (χ1n) is 3.23. The number of hydrogen-bond acceptors (Lipinski definition) is 4. The van der Waals surface area contributed by atoms with Crippen molar-refractivity contribution in [3.05, 3.63) is 0 Å². The zero-order valence-corrected chi connectivity index (χ0v) is 5.49. The Morgan fingerprint density at radius 3 is 2.70 bits per heavy atom. The number of piperidine rings is 1. The van der Waals surface area contributed by atoms with E-state index in [9.17, 15) is 0 Å². The van der Waals surface area contributed by atoms with Crippen molar-refractivity contribution in [1.82, 2.24) is 5.32 Å². The second-order valence-electron chi connectivity index (χ2n) is 2.47. The molecule has 4 heteroatoms. The molecule has 4 nitrogen and oxygen atoms in total. The van der Waals surface area contributed by atoms with Crippen molar-refractivity contribution in [1.29, 1.82) is 5.26 Å². The average Bonchev–Trinajstić information content (AvgIpc) is 1.88. The fourth-order valence-corrected chi connectivity index (χ4v) is 1.03. The molecule has 0 aliphatic carbocycles. The molecule has 1 fully saturated rings. The van der Waals surface area contributed by atoms with Crippen LogP contribution in [0.4, 0.5) is 0 Å². The lowest BCUT2D eigenvalue weighted by molar-refractivity contribution is 0.0368. The second kappa shape index (κ2) is 2.97. The van der Waals surface area contributed by atoms with Crippen LogP contribution in [0.25, 0.3) is 0 Å². The predicted octanol–water partition coefficient (Wildman–Crippen LogP) is -1.41. The summed E-state index contributed by atoms with van der Waals surface area (Å²) in [7, 11) is 0. The van der Waals surface area contributed by atoms with Crippen LogP contribution in [0.5, 0.6) is 0 Å². The van der Waals surface area contributed by atoms with Gasteiger partial charge in [-0.05, 0) is 0 Å². The van der Waals surface area contributed by atoms with Crippen LogP contribution in [0.1, 0.15) is 6.42 Å². The van der Waals surface area contributed by atoms with Gasteiger partial charge in [0.2, 0.25) is 0 Å². The van der Waals surface area contributed by atoms with Gasteiger partial charge in [0.1, 0.15) is 6.04 Å². The van der Waals surface area contributed by atoms with E-state index in [4.69, 9.17) is 15.5 Å². The average molecular weight is 142 g/mol. The van der Waals surface area contributed by atoms with E-state index in [-0.39, 0.29) is 0 Å². The van der Waals surface area contributed by atoms with Crippen molar-refractivity contribution in [2.45, 2.75) is 24.7 Å². The van der Waals surface area contributed by atoms with E-state index < -0.39 is 18.2 Å². The summed E-state index contributed by atoms with van der Waals surface area (Å²) in [5, 5.41) is 29.2. The summed E-state index contributed by atoms with van der Waals surface area (Å²) in [6.07, 6.45) is -0.945. The smallest absolute Gasteiger partial charge is 0.122 e. The molecule has 1 saturated heterocycles. The molecule has 1 aliphatic rings. The summed E-state index contributed by atoms with van der Waals surface area (Å²) in [6, 6.07) is 1.39. The molecular formula is C6H10N2O2. The third-order valence-corrected chi connectivity index (χ3v) is 1.61. The number of rotatable bonds is 0. The summed E-state index contributed by atoms with van der Waals surface area (Å²) in [4.78, 5) is 0. The van der Waals surface area contributed by atoms with Gasteiger partial charge in [0, 0.05) is 13.0 Å². The molecule has 56 valence electrons. The van der Waals surface area contributed by atoms with Gasteiger partial charge in [-0.15, -0.1) is 0 Å². The third-order valence-electron chi connectivity index (χ3n) is 1.61. The maximum absolute atomic E-state index is 9.09. The summed E-state index contributed by atoms with van der Waals surface area (Å²) in [6.45, 7) is 0.398. The van der Waals surface area contributed by atoms with Crippen molar-refractivity contribution >= 4 is 0 Å². The van der Waals surface area contributed by atoms with Crippen molar-refractivity contribution in [2.24, 2.45) is 0 Å². The Hall–Kier alpha value is -0.630. The number of aliphatic hydroxyl groups is 2. The lowest BCUT2D eigenvalue weighted by atomic mass is 10.0. The van der Waals surface area contributed by atoms with Crippen molar-refractivity contribution < 1.29 is 10.2 Å². The first-order valence-corrected chi connectivity index (χ1v) is 3.23. The summed E-state index contributed by atoms with van der Waals surface area (Å²) >= 11 is 0. The molecule has 0 aromatic carbocycles. The molecule has 0 spiro atoms. The minimum atomic E-state index is -0.728. The Bertz CT molecular complexity index is 154. The van der Waals surface area contributed by atoms with Crippen LogP contribution >= 0.6 is 0 Å². The Labute approximate surface area is 59.1 Å². The first-order chi connectivity index (χ1) is 4.74. The van der Waals surface area contributed by atoms with E-state index >= 15 is 0 Å². The SMILES string of the molecule is N#C[C@@H]1NC[C@@H](O)C[C@H]1O. The molecule has 0 amide bonds. The first kappa shape index (κ1) is 7.48. The number of hydrogen-bond donors (Lipinski definition) is 3. The Morgan fingerprint density at radius 2 is 2.20 bits per heavy atom. The fraction of sp³-hybridized carbons (Fsp3) is 0.833. The molecule has 1 rings (SSSR count). The minimum Gasteiger partial charge on any atom is -0.392 e. The highest BCUT2D eigenvalue weighted by atomic mass is 16.3. The Balaban J connectivity index is 2.45. The highest BCUT2D eigenvalue weighted by Gasteiger charge is 2.26. The van der Waals surface area contributed by atoms with E-state index in [1.807, 2.05) is 6.07 Å². The molecule has 1 heterocycles. The van der Waals surface area contributed by atoms with Gasteiger partial charge < -0.3 is 10.2 Å². The molecule has 0 saturated carbocycles. The van der Waals surface area contributed by atoms with Crippen LogP contribution in [0.2, 0.25) is 0 Å². The Kier molecular flexibility index (Phi) is 2.22. The van der Waals surface area contributed by atoms with E-state index in [1.165, 1.54) is 0 Å². The van der Waals surface area contributed by atoms with Crippen molar-refractivity contribution in [3.8, 4) is 6.07 Å². The molecule has 0 aromatic heterocycles. The molecule has 0 bridgehead atoms. The van der Waals surface area contributed by atoms with Crippen LogP contribution in [-0.4, -0.2) is 35.0 Å². The van der Waals surface area contributed by atoms with Crippen LogP contribution < -0.4 is 5.32 Å². The molecule has 0 aromatic rings. The maximum atomic E-state index is 9.09. The van der Waals surface area contributed by atoms with Gasteiger partial charge in [0.05, 0.1) is 18.3 Å². The highest BCUT2D eigenvalue weighted by molar-refractivity contribution is 4.99. The van der Waals surface area contributed by atoms with E-state index in [0.29, 0.717) is 13.0 Å². The van der Waals surface area contributed by atoms with Crippen LogP contribution in [0.3, 0.4) is 0 Å². The van der Waals surface area contributed by atoms with Crippen LogP contribution in [0, 0.1) is 11.3 Å². The summed E-state index contributed by atoms with van der Waals surface area (Å²) in [5.41, 5.74) is 0. The fourth-order valence-electron chi connectivity index (χ4n) is 1.03. The number of nitriles is 1. The second-order valence-corrected chi connectivity index (χ2v) is 2.47. The Morgan fingerprint density at radius 1 is 1.50 bits per heavy atom. The normalized spacial score (nSPS) is 40.7. The van der Waals surface area contributed by atoms with Crippen molar-refractivity contribution in [3.63, 3.8) is 0 Å². The van der Waals surface area contributed by atoms with Crippen LogP contribution in [0.15, 0.2) is 0 Å². The topological polar surface area (TPSA) is 76.3 Å². The quantitative estimate of drug-likeness (QED) is 0.388. The van der Waals surface area contributed by atoms with Gasteiger partial charge in [0.25, 0.3) is 0 Å². The molecule has 3 N–H and O–H groups in total. The number of nitrogens with zero attached hydrogens (tertiary/aromatic N) is 1. The molecule has 0 radical (unpaired) electrons. The van der Waals surface area contributed by atoms with Gasteiger partial charge in [-0.2, -0.15) is 5.26 Å². The van der Waals surface area contributed by atoms with E-state index in [1.54, 1.807) is 0 Å². The monoisotopic (exact) mass is 142 g/mol. The third kappa shape index (κ3) is 1.45. The maximum Gasteiger partial charge on any atom is 0.122 e. The number of β-amino-alcohol motifs (C(OH)–C–C–N with tert-alkyl or cyclic N) is 1. The zero-order chi connectivity index (χ0) is 7.56. The van der Waals surface area contributed by atoms with Gasteiger partial charge >= 0.3 is 0 Å². The summed E-state index contributed by atoms with van der Waals surface area (Å²) < 4.78 is 0. The highest BCUT2D eigenvalue weighted by Crippen LogP contribution is 2.07. The molecule has 3 atom stereocenters. The largest absolute Gasteiger partial charge is 0.392 e. The number of aliphatic hydroxyl groups excluding tert-OH is 2. The predicted molar refractivity (Wildman–Crippen MR) is 34.0 cm³/mol.